The second-order valence-corrected chi connectivity index (χ2v) is 7.74. The fourth-order valence-corrected chi connectivity index (χ4v) is 3.49. The zero-order valence-corrected chi connectivity index (χ0v) is 19.3. The van der Waals surface area contributed by atoms with Crippen LogP contribution in [0.3, 0.4) is 0 Å². The molecule has 1 aliphatic heterocycles. The average molecular weight is 486 g/mol. The molecule has 0 spiro atoms. The summed E-state index contributed by atoms with van der Waals surface area (Å²) in [5.41, 5.74) is 1.68. The van der Waals surface area contributed by atoms with Gasteiger partial charge in [-0.25, -0.2) is 14.5 Å². The van der Waals surface area contributed by atoms with E-state index in [1.54, 1.807) is 60.7 Å². The molecule has 0 saturated carbocycles. The zero-order chi connectivity index (χ0) is 25.7. The van der Waals surface area contributed by atoms with Crippen molar-refractivity contribution < 1.29 is 33.8 Å². The summed E-state index contributed by atoms with van der Waals surface area (Å²) in [7, 11) is 0. The highest BCUT2D eigenvalue weighted by Gasteiger charge is 2.36. The van der Waals surface area contributed by atoms with Gasteiger partial charge in [0, 0.05) is 0 Å². The molecule has 3 aromatic rings. The van der Waals surface area contributed by atoms with Crippen LogP contribution in [-0.4, -0.2) is 35.5 Å². The van der Waals surface area contributed by atoms with Gasteiger partial charge in [-0.3, -0.25) is 14.9 Å². The van der Waals surface area contributed by atoms with Crippen LogP contribution in [0.1, 0.15) is 28.4 Å². The number of urea groups is 1. The molecular formula is C27H22N2O7. The fourth-order valence-electron chi connectivity index (χ4n) is 3.49. The van der Waals surface area contributed by atoms with Gasteiger partial charge in [-0.15, -0.1) is 0 Å². The molecule has 4 rings (SSSR count). The Bertz CT molecular complexity index is 1330. The minimum absolute atomic E-state index is 0.185. The van der Waals surface area contributed by atoms with Crippen LogP contribution in [-0.2, 0) is 16.2 Å². The molecule has 0 radical (unpaired) electrons. The van der Waals surface area contributed by atoms with Crippen LogP contribution in [0.4, 0.5) is 10.5 Å². The number of carbonyl (C=O) groups excluding carboxylic acids is 3. The van der Waals surface area contributed by atoms with Crippen LogP contribution in [0.25, 0.3) is 6.08 Å². The number of imide groups is 2. The largest absolute Gasteiger partial charge is 0.494 e. The summed E-state index contributed by atoms with van der Waals surface area (Å²) in [6.45, 7) is 2.56. The molecule has 1 fully saturated rings. The number of benzene rings is 3. The lowest BCUT2D eigenvalue weighted by molar-refractivity contribution is -0.122. The lowest BCUT2D eigenvalue weighted by Crippen LogP contribution is -2.54. The molecule has 9 heteroatoms. The number of aromatic carboxylic acids is 1. The average Bonchev–Trinajstić information content (AvgIpc) is 2.87. The zero-order valence-electron chi connectivity index (χ0n) is 19.3. The monoisotopic (exact) mass is 486 g/mol. The van der Waals surface area contributed by atoms with Gasteiger partial charge in [0.15, 0.2) is 0 Å². The number of anilines is 1. The van der Waals surface area contributed by atoms with Gasteiger partial charge in [0.25, 0.3) is 11.8 Å². The summed E-state index contributed by atoms with van der Waals surface area (Å²) in [6.07, 6.45) is 1.40. The van der Waals surface area contributed by atoms with E-state index in [-0.39, 0.29) is 17.7 Å². The SMILES string of the molecule is CCOc1ccc(N2C(=O)NC(=O)/C(=C\c3ccc(OCc4ccc(C(=O)O)cc4)cc3)C2=O)cc1. The third kappa shape index (κ3) is 5.41. The van der Waals surface area contributed by atoms with Gasteiger partial charge in [0.05, 0.1) is 17.9 Å². The van der Waals surface area contributed by atoms with E-state index in [0.29, 0.717) is 29.4 Å². The quantitative estimate of drug-likeness (QED) is 0.364. The number of rotatable bonds is 8. The molecule has 0 atom stereocenters. The third-order valence-electron chi connectivity index (χ3n) is 5.31. The molecule has 0 bridgehead atoms. The first-order chi connectivity index (χ1) is 17.4. The van der Waals surface area contributed by atoms with Crippen molar-refractivity contribution in [3.63, 3.8) is 0 Å². The Hall–Kier alpha value is -4.92. The molecule has 0 aromatic heterocycles. The molecule has 3 aromatic carbocycles. The number of ether oxygens (including phenoxy) is 2. The van der Waals surface area contributed by atoms with Crippen molar-refractivity contribution in [3.8, 4) is 11.5 Å². The Balaban J connectivity index is 1.46. The lowest BCUT2D eigenvalue weighted by atomic mass is 10.1. The van der Waals surface area contributed by atoms with Crippen molar-refractivity contribution in [2.75, 3.05) is 11.5 Å². The summed E-state index contributed by atoms with van der Waals surface area (Å²) in [5.74, 6) is -1.37. The molecule has 36 heavy (non-hydrogen) atoms. The highest BCUT2D eigenvalue weighted by atomic mass is 16.5. The van der Waals surface area contributed by atoms with E-state index in [9.17, 15) is 19.2 Å². The van der Waals surface area contributed by atoms with Crippen molar-refractivity contribution in [1.82, 2.24) is 5.32 Å². The maximum atomic E-state index is 13.0. The van der Waals surface area contributed by atoms with Gasteiger partial charge in [0.1, 0.15) is 23.7 Å². The molecule has 4 amide bonds. The standard InChI is InChI=1S/C27H22N2O7/c1-2-35-21-13-9-20(10-14-21)29-25(31)23(24(30)28-27(29)34)15-17-5-11-22(12-6-17)36-16-18-3-7-19(8-4-18)26(32)33/h3-15H,2,16H2,1H3,(H,32,33)(H,28,30,34)/b23-15+. The predicted molar refractivity (Wildman–Crippen MR) is 131 cm³/mol. The molecule has 1 saturated heterocycles. The lowest BCUT2D eigenvalue weighted by Gasteiger charge is -2.26. The van der Waals surface area contributed by atoms with Crippen molar-refractivity contribution >= 4 is 35.6 Å². The number of amides is 4. The highest BCUT2D eigenvalue weighted by molar-refractivity contribution is 6.39. The summed E-state index contributed by atoms with van der Waals surface area (Å²) < 4.78 is 11.1. The first kappa shape index (κ1) is 24.2. The number of barbiturate groups is 1. The number of nitrogens with one attached hydrogen (secondary N) is 1. The summed E-state index contributed by atoms with van der Waals surface area (Å²) in [6, 6.07) is 18.6. The number of nitrogens with zero attached hydrogens (tertiary/aromatic N) is 1. The van der Waals surface area contributed by atoms with Gasteiger partial charge >= 0.3 is 12.0 Å². The molecule has 9 nitrogen and oxygen atoms in total. The minimum Gasteiger partial charge on any atom is -0.494 e. The van der Waals surface area contributed by atoms with Crippen molar-refractivity contribution in [3.05, 3.63) is 95.1 Å². The summed E-state index contributed by atoms with van der Waals surface area (Å²) in [4.78, 5) is 49.7. The normalized spacial score (nSPS) is 14.5. The Morgan fingerprint density at radius 3 is 2.11 bits per heavy atom. The van der Waals surface area contributed by atoms with E-state index < -0.39 is 23.8 Å². The molecular weight excluding hydrogens is 464 g/mol. The predicted octanol–water partition coefficient (Wildman–Crippen LogP) is 4.03. The number of hydrogen-bond donors (Lipinski definition) is 2. The first-order valence-corrected chi connectivity index (χ1v) is 11.0. The van der Waals surface area contributed by atoms with E-state index in [2.05, 4.69) is 5.32 Å². The smallest absolute Gasteiger partial charge is 0.335 e. The molecule has 1 heterocycles. The van der Waals surface area contributed by atoms with Crippen LogP contribution < -0.4 is 19.7 Å². The molecule has 1 aliphatic rings. The Labute approximate surface area is 206 Å². The topological polar surface area (TPSA) is 122 Å². The van der Waals surface area contributed by atoms with Gasteiger partial charge in [-0.05, 0) is 72.7 Å². The van der Waals surface area contributed by atoms with E-state index in [4.69, 9.17) is 14.6 Å². The first-order valence-electron chi connectivity index (χ1n) is 11.0. The maximum Gasteiger partial charge on any atom is 0.335 e. The summed E-state index contributed by atoms with van der Waals surface area (Å²) >= 11 is 0. The molecule has 2 N–H and O–H groups in total. The van der Waals surface area contributed by atoms with Crippen molar-refractivity contribution in [2.45, 2.75) is 13.5 Å². The van der Waals surface area contributed by atoms with Gasteiger partial charge in [-0.1, -0.05) is 24.3 Å². The number of hydrogen-bond acceptors (Lipinski definition) is 6. The van der Waals surface area contributed by atoms with E-state index >= 15 is 0 Å². The second-order valence-electron chi connectivity index (χ2n) is 7.74. The number of carboxylic acids is 1. The van der Waals surface area contributed by atoms with E-state index in [1.807, 2.05) is 6.92 Å². The molecule has 0 aliphatic carbocycles. The fraction of sp³-hybridized carbons (Fsp3) is 0.111. The minimum atomic E-state index is -0.996. The Kier molecular flexibility index (Phi) is 7.10. The summed E-state index contributed by atoms with van der Waals surface area (Å²) in [5, 5.41) is 11.2. The van der Waals surface area contributed by atoms with Crippen LogP contribution in [0, 0.1) is 0 Å². The highest BCUT2D eigenvalue weighted by Crippen LogP contribution is 2.25. The van der Waals surface area contributed by atoms with Crippen LogP contribution in [0.15, 0.2) is 78.4 Å². The van der Waals surface area contributed by atoms with Gasteiger partial charge < -0.3 is 14.6 Å². The van der Waals surface area contributed by atoms with E-state index in [0.717, 1.165) is 10.5 Å². The van der Waals surface area contributed by atoms with Crippen LogP contribution in [0.5, 0.6) is 11.5 Å². The maximum absolute atomic E-state index is 13.0. The van der Waals surface area contributed by atoms with Crippen LogP contribution in [0.2, 0.25) is 0 Å². The van der Waals surface area contributed by atoms with Crippen molar-refractivity contribution in [1.29, 1.82) is 0 Å². The number of carbonyl (C=O) groups is 4. The third-order valence-corrected chi connectivity index (χ3v) is 5.31. The molecule has 0 unspecified atom stereocenters. The second kappa shape index (κ2) is 10.6. The number of carboxylic acid groups (broad SMARTS) is 1. The van der Waals surface area contributed by atoms with Gasteiger partial charge in [0.2, 0.25) is 0 Å². The Morgan fingerprint density at radius 1 is 0.889 bits per heavy atom. The molecule has 182 valence electrons. The van der Waals surface area contributed by atoms with Gasteiger partial charge in [-0.2, -0.15) is 0 Å². The van der Waals surface area contributed by atoms with E-state index in [1.165, 1.54) is 18.2 Å². The Morgan fingerprint density at radius 2 is 1.50 bits per heavy atom. The van der Waals surface area contributed by atoms with Crippen molar-refractivity contribution in [2.24, 2.45) is 0 Å². The van der Waals surface area contributed by atoms with Crippen LogP contribution >= 0.6 is 0 Å².